The number of carbonyl (C=O) groups excluding carboxylic acids is 1. The molecule has 0 spiro atoms. The van der Waals surface area contributed by atoms with Crippen molar-refractivity contribution in [3.05, 3.63) is 56.9 Å². The molecule has 1 aliphatic heterocycles. The third-order valence-corrected chi connectivity index (χ3v) is 5.58. The summed E-state index contributed by atoms with van der Waals surface area (Å²) in [7, 11) is 0. The summed E-state index contributed by atoms with van der Waals surface area (Å²) in [6.07, 6.45) is -1.12. The standard InChI is InChI=1S/C21H21F3IN3O3/c1-21(2,3)28(20(30)31)13-9-27(10-13)19(29)18-15(24)6-11(22)7-17(18)26-16-5-4-12(25)8-14(16)23/h4-8,13,26H,9-10H2,1-3H3,(H,30,31). The number of amides is 2. The summed E-state index contributed by atoms with van der Waals surface area (Å²) >= 11 is 1.93. The van der Waals surface area contributed by atoms with E-state index >= 15 is 0 Å². The smallest absolute Gasteiger partial charge is 0.408 e. The van der Waals surface area contributed by atoms with E-state index in [9.17, 15) is 27.9 Å². The van der Waals surface area contributed by atoms with E-state index in [1.165, 1.54) is 21.9 Å². The van der Waals surface area contributed by atoms with Crippen molar-refractivity contribution < 1.29 is 27.9 Å². The minimum Gasteiger partial charge on any atom is -0.465 e. The highest BCUT2D eigenvalue weighted by molar-refractivity contribution is 14.1. The van der Waals surface area contributed by atoms with Crippen LogP contribution in [0.1, 0.15) is 31.1 Å². The largest absolute Gasteiger partial charge is 0.465 e. The number of halogens is 4. The third-order valence-electron chi connectivity index (χ3n) is 4.91. The predicted octanol–water partition coefficient (Wildman–Crippen LogP) is 5.06. The minimum atomic E-state index is -1.12. The third kappa shape index (κ3) is 4.89. The van der Waals surface area contributed by atoms with Crippen LogP contribution in [0.15, 0.2) is 30.3 Å². The SMILES string of the molecule is CC(C)(C)N(C(=O)O)C1CN(C(=O)c2c(F)cc(F)cc2Nc2ccc(I)cc2F)C1. The van der Waals surface area contributed by atoms with Gasteiger partial charge in [0.2, 0.25) is 0 Å². The van der Waals surface area contributed by atoms with Gasteiger partial charge in [0.25, 0.3) is 5.91 Å². The molecule has 0 unspecified atom stereocenters. The normalized spacial score (nSPS) is 14.2. The van der Waals surface area contributed by atoms with Crippen LogP contribution in [0, 0.1) is 21.0 Å². The van der Waals surface area contributed by atoms with Crippen molar-refractivity contribution in [1.29, 1.82) is 0 Å². The fourth-order valence-corrected chi connectivity index (χ4v) is 4.01. The molecule has 31 heavy (non-hydrogen) atoms. The zero-order chi connectivity index (χ0) is 23.1. The van der Waals surface area contributed by atoms with Gasteiger partial charge < -0.3 is 15.3 Å². The first kappa shape index (κ1) is 23.2. The Kier molecular flexibility index (Phi) is 6.40. The summed E-state index contributed by atoms with van der Waals surface area (Å²) in [5, 5.41) is 12.1. The molecule has 0 saturated carbocycles. The van der Waals surface area contributed by atoms with Crippen molar-refractivity contribution in [1.82, 2.24) is 9.80 Å². The molecule has 2 aromatic rings. The van der Waals surface area contributed by atoms with Crippen LogP contribution in [0.5, 0.6) is 0 Å². The number of hydrogen-bond acceptors (Lipinski definition) is 3. The second-order valence-electron chi connectivity index (χ2n) is 8.25. The summed E-state index contributed by atoms with van der Waals surface area (Å²) in [5.74, 6) is -3.38. The Balaban J connectivity index is 1.86. The number of carbonyl (C=O) groups is 2. The molecule has 1 heterocycles. The Morgan fingerprint density at radius 2 is 1.74 bits per heavy atom. The molecule has 2 amide bonds. The number of nitrogens with one attached hydrogen (secondary N) is 1. The highest BCUT2D eigenvalue weighted by Crippen LogP contribution is 2.31. The predicted molar refractivity (Wildman–Crippen MR) is 118 cm³/mol. The van der Waals surface area contributed by atoms with E-state index < -0.39 is 46.6 Å². The molecule has 2 aromatic carbocycles. The number of nitrogens with zero attached hydrogens (tertiary/aromatic N) is 2. The van der Waals surface area contributed by atoms with Crippen LogP contribution in [0.2, 0.25) is 0 Å². The van der Waals surface area contributed by atoms with Crippen LogP contribution in [0.25, 0.3) is 0 Å². The van der Waals surface area contributed by atoms with Crippen molar-refractivity contribution >= 4 is 46.0 Å². The second kappa shape index (κ2) is 8.56. The number of rotatable bonds is 4. The fourth-order valence-electron chi connectivity index (χ4n) is 3.56. The van der Waals surface area contributed by atoms with Gasteiger partial charge in [0, 0.05) is 28.3 Å². The average Bonchev–Trinajstić information content (AvgIpc) is 2.57. The van der Waals surface area contributed by atoms with Crippen molar-refractivity contribution in [2.75, 3.05) is 18.4 Å². The van der Waals surface area contributed by atoms with Gasteiger partial charge in [0.15, 0.2) is 0 Å². The summed E-state index contributed by atoms with van der Waals surface area (Å²) in [6, 6.07) is 5.31. The van der Waals surface area contributed by atoms with Gasteiger partial charge in [-0.05, 0) is 67.6 Å². The summed E-state index contributed by atoms with van der Waals surface area (Å²) < 4.78 is 43.3. The molecular weight excluding hydrogens is 526 g/mol. The quantitative estimate of drug-likeness (QED) is 0.526. The van der Waals surface area contributed by atoms with Gasteiger partial charge >= 0.3 is 6.09 Å². The first-order valence-electron chi connectivity index (χ1n) is 9.41. The lowest BCUT2D eigenvalue weighted by molar-refractivity contribution is -0.00127. The topological polar surface area (TPSA) is 72.9 Å². The number of likely N-dealkylation sites (tertiary alicyclic amines) is 1. The molecule has 0 aliphatic carbocycles. The van der Waals surface area contributed by atoms with Gasteiger partial charge in [0.05, 0.1) is 23.0 Å². The molecule has 6 nitrogen and oxygen atoms in total. The molecule has 2 N–H and O–H groups in total. The van der Waals surface area contributed by atoms with Crippen LogP contribution in [-0.4, -0.2) is 51.6 Å². The molecule has 1 saturated heterocycles. The van der Waals surface area contributed by atoms with Gasteiger partial charge in [-0.25, -0.2) is 18.0 Å². The molecule has 1 fully saturated rings. The lowest BCUT2D eigenvalue weighted by Gasteiger charge is -2.49. The Labute approximate surface area is 191 Å². The number of anilines is 2. The lowest BCUT2D eigenvalue weighted by Crippen LogP contribution is -2.66. The van der Waals surface area contributed by atoms with E-state index in [0.29, 0.717) is 9.64 Å². The number of hydrogen-bond donors (Lipinski definition) is 2. The van der Waals surface area contributed by atoms with Gasteiger partial charge in [0.1, 0.15) is 17.5 Å². The molecule has 1 aliphatic rings. The molecule has 3 rings (SSSR count). The molecule has 166 valence electrons. The second-order valence-corrected chi connectivity index (χ2v) is 9.49. The van der Waals surface area contributed by atoms with Crippen LogP contribution in [0.4, 0.5) is 29.3 Å². The molecule has 0 aromatic heterocycles. The van der Waals surface area contributed by atoms with Gasteiger partial charge in [-0.15, -0.1) is 0 Å². The van der Waals surface area contributed by atoms with E-state index in [1.54, 1.807) is 26.8 Å². The summed E-state index contributed by atoms with van der Waals surface area (Å²) in [4.78, 5) is 27.1. The number of carboxylic acid groups (broad SMARTS) is 1. The molecule has 0 bridgehead atoms. The first-order chi connectivity index (χ1) is 14.4. The van der Waals surface area contributed by atoms with Gasteiger partial charge in [-0.2, -0.15) is 0 Å². The molecule has 10 heteroatoms. The summed E-state index contributed by atoms with van der Waals surface area (Å²) in [6.45, 7) is 5.35. The van der Waals surface area contributed by atoms with Crippen molar-refractivity contribution in [3.8, 4) is 0 Å². The zero-order valence-electron chi connectivity index (χ0n) is 17.0. The average molecular weight is 547 g/mol. The highest BCUT2D eigenvalue weighted by atomic mass is 127. The first-order valence-corrected chi connectivity index (χ1v) is 10.5. The minimum absolute atomic E-state index is 0.0364. The van der Waals surface area contributed by atoms with Crippen molar-refractivity contribution in [2.45, 2.75) is 32.4 Å². The Morgan fingerprint density at radius 1 is 1.10 bits per heavy atom. The molecule has 0 atom stereocenters. The lowest BCUT2D eigenvalue weighted by atomic mass is 9.97. The zero-order valence-corrected chi connectivity index (χ0v) is 19.2. The summed E-state index contributed by atoms with van der Waals surface area (Å²) in [5.41, 5.74) is -1.36. The van der Waals surface area contributed by atoms with Crippen LogP contribution >= 0.6 is 22.6 Å². The Morgan fingerprint density at radius 3 is 2.29 bits per heavy atom. The maximum atomic E-state index is 14.6. The maximum absolute atomic E-state index is 14.6. The van der Waals surface area contributed by atoms with E-state index in [-0.39, 0.29) is 24.5 Å². The van der Waals surface area contributed by atoms with Crippen LogP contribution < -0.4 is 5.32 Å². The molecular formula is C21H21F3IN3O3. The van der Waals surface area contributed by atoms with E-state index in [2.05, 4.69) is 5.32 Å². The van der Waals surface area contributed by atoms with Crippen molar-refractivity contribution in [2.24, 2.45) is 0 Å². The fraction of sp³-hybridized carbons (Fsp3) is 0.333. The van der Waals surface area contributed by atoms with Crippen LogP contribution in [-0.2, 0) is 0 Å². The monoisotopic (exact) mass is 547 g/mol. The van der Waals surface area contributed by atoms with E-state index in [0.717, 1.165) is 6.07 Å². The number of benzene rings is 2. The molecule has 0 radical (unpaired) electrons. The highest BCUT2D eigenvalue weighted by Gasteiger charge is 2.43. The van der Waals surface area contributed by atoms with Crippen molar-refractivity contribution in [3.63, 3.8) is 0 Å². The Hall–Kier alpha value is -2.50. The Bertz CT molecular complexity index is 1040. The van der Waals surface area contributed by atoms with Gasteiger partial charge in [-0.3, -0.25) is 9.69 Å². The van der Waals surface area contributed by atoms with E-state index in [4.69, 9.17) is 0 Å². The van der Waals surface area contributed by atoms with E-state index in [1.807, 2.05) is 22.6 Å². The maximum Gasteiger partial charge on any atom is 0.408 e. The van der Waals surface area contributed by atoms with Gasteiger partial charge in [-0.1, -0.05) is 0 Å². The van der Waals surface area contributed by atoms with Crippen LogP contribution in [0.3, 0.4) is 0 Å².